The molecule has 0 amide bonds. The van der Waals surface area contributed by atoms with Gasteiger partial charge in [0.1, 0.15) is 0 Å². The monoisotopic (exact) mass is 692 g/mol. The number of nitrogens with zero attached hydrogens (tertiary/aromatic N) is 2. The molecule has 0 fully saturated rings. The molecule has 0 bridgehead atoms. The average Bonchev–Trinajstić information content (AvgIpc) is 3.23. The first-order valence-electron chi connectivity index (χ1n) is 18.6. The van der Waals surface area contributed by atoms with Gasteiger partial charge in [-0.2, -0.15) is 0 Å². The van der Waals surface area contributed by atoms with Crippen LogP contribution in [0.1, 0.15) is 16.7 Å². The number of rotatable bonds is 9. The molecule has 9 aromatic rings. The summed E-state index contributed by atoms with van der Waals surface area (Å²) in [5, 5.41) is 4.94. The Bertz CT molecular complexity index is 2660. The quantitative estimate of drug-likeness (QED) is 0.149. The Balaban J connectivity index is 0.948. The van der Waals surface area contributed by atoms with Gasteiger partial charge < -0.3 is 9.80 Å². The molecule has 0 aliphatic heterocycles. The van der Waals surface area contributed by atoms with Crippen LogP contribution in [0.3, 0.4) is 0 Å². The molecule has 9 rings (SSSR count). The third-order valence-corrected chi connectivity index (χ3v) is 10.3. The van der Waals surface area contributed by atoms with E-state index >= 15 is 0 Å². The summed E-state index contributed by atoms with van der Waals surface area (Å²) in [7, 11) is 0. The van der Waals surface area contributed by atoms with Crippen molar-refractivity contribution in [2.45, 2.75) is 13.3 Å². The summed E-state index contributed by atoms with van der Waals surface area (Å²) in [4.78, 5) is 4.69. The summed E-state index contributed by atoms with van der Waals surface area (Å²) in [6.45, 7) is 2.13. The minimum Gasteiger partial charge on any atom is -0.310 e. The van der Waals surface area contributed by atoms with Gasteiger partial charge in [0.15, 0.2) is 0 Å². The van der Waals surface area contributed by atoms with Crippen molar-refractivity contribution >= 4 is 55.7 Å². The van der Waals surface area contributed by atoms with Gasteiger partial charge in [-0.25, -0.2) is 0 Å². The van der Waals surface area contributed by atoms with Gasteiger partial charge in [0.25, 0.3) is 0 Å². The fourth-order valence-corrected chi connectivity index (χ4v) is 7.48. The lowest BCUT2D eigenvalue weighted by molar-refractivity contribution is 1.18. The number of benzene rings is 9. The van der Waals surface area contributed by atoms with E-state index in [-0.39, 0.29) is 0 Å². The highest BCUT2D eigenvalue weighted by atomic mass is 15.1. The third kappa shape index (κ3) is 6.74. The fraction of sp³-hybridized carbons (Fsp3) is 0.0385. The van der Waals surface area contributed by atoms with E-state index in [1.54, 1.807) is 0 Å². The molecule has 0 saturated heterocycles. The lowest BCUT2D eigenvalue weighted by Crippen LogP contribution is -2.10. The smallest absolute Gasteiger partial charge is 0.0540 e. The predicted molar refractivity (Wildman–Crippen MR) is 230 cm³/mol. The first-order chi connectivity index (χ1) is 26.7. The Hall–Kier alpha value is -6.90. The molecule has 0 unspecified atom stereocenters. The summed E-state index contributed by atoms with van der Waals surface area (Å²) >= 11 is 0. The fourth-order valence-electron chi connectivity index (χ4n) is 7.48. The van der Waals surface area contributed by atoms with E-state index in [1.807, 2.05) is 0 Å². The molecule has 0 N–H and O–H groups in total. The van der Waals surface area contributed by atoms with Gasteiger partial charge in [-0.3, -0.25) is 0 Å². The maximum atomic E-state index is 2.36. The van der Waals surface area contributed by atoms with Crippen LogP contribution in [0.4, 0.5) is 34.1 Å². The Morgan fingerprint density at radius 3 is 1.52 bits per heavy atom. The van der Waals surface area contributed by atoms with E-state index in [1.165, 1.54) is 55.0 Å². The van der Waals surface area contributed by atoms with Gasteiger partial charge in [-0.15, -0.1) is 0 Å². The minimum absolute atomic E-state index is 0.872. The zero-order chi connectivity index (χ0) is 36.3. The topological polar surface area (TPSA) is 6.48 Å². The average molecular weight is 693 g/mol. The van der Waals surface area contributed by atoms with Crippen LogP contribution >= 0.6 is 0 Å². The van der Waals surface area contributed by atoms with Crippen molar-refractivity contribution in [1.82, 2.24) is 0 Å². The number of para-hydroxylation sites is 1. The second kappa shape index (κ2) is 14.6. The van der Waals surface area contributed by atoms with Crippen LogP contribution in [0.15, 0.2) is 212 Å². The molecule has 0 saturated carbocycles. The maximum absolute atomic E-state index is 2.36. The molecule has 0 atom stereocenters. The van der Waals surface area contributed by atoms with Crippen LogP contribution < -0.4 is 9.80 Å². The number of fused-ring (bicyclic) bond motifs is 2. The molecule has 0 spiro atoms. The molecule has 0 radical (unpaired) electrons. The van der Waals surface area contributed by atoms with E-state index < -0.39 is 0 Å². The summed E-state index contributed by atoms with van der Waals surface area (Å²) in [5.41, 5.74) is 13.1. The molecular formula is C52H40N2. The van der Waals surface area contributed by atoms with Crippen molar-refractivity contribution in [3.63, 3.8) is 0 Å². The zero-order valence-electron chi connectivity index (χ0n) is 30.3. The van der Waals surface area contributed by atoms with Crippen LogP contribution in [-0.4, -0.2) is 0 Å². The molecule has 0 aliphatic carbocycles. The summed E-state index contributed by atoms with van der Waals surface area (Å²) in [6.07, 6.45) is 0.872. The van der Waals surface area contributed by atoms with Crippen LogP contribution in [-0.2, 0) is 6.42 Å². The molecule has 0 aliphatic rings. The first kappa shape index (κ1) is 33.0. The van der Waals surface area contributed by atoms with Crippen molar-refractivity contribution in [3.05, 3.63) is 229 Å². The zero-order valence-corrected chi connectivity index (χ0v) is 30.3. The number of anilines is 6. The lowest BCUT2D eigenvalue weighted by atomic mass is 9.99. The molecule has 0 heterocycles. The van der Waals surface area contributed by atoms with E-state index in [4.69, 9.17) is 0 Å². The van der Waals surface area contributed by atoms with E-state index in [0.29, 0.717) is 0 Å². The Labute approximate surface area is 317 Å². The van der Waals surface area contributed by atoms with Crippen molar-refractivity contribution in [1.29, 1.82) is 0 Å². The Kier molecular flexibility index (Phi) is 8.92. The summed E-state index contributed by atoms with van der Waals surface area (Å²) < 4.78 is 0. The van der Waals surface area contributed by atoms with Crippen LogP contribution in [0.25, 0.3) is 32.7 Å². The van der Waals surface area contributed by atoms with Crippen LogP contribution in [0, 0.1) is 6.92 Å². The SMILES string of the molecule is Cc1ccc(N(c2ccc(-c3ccc(Cc4ccc(N(c5ccccc5)c5ccc6ccccc6c5)cc4)cc3)cc2)c2cccc3ccccc23)cc1. The molecule has 9 aromatic carbocycles. The van der Waals surface area contributed by atoms with Crippen LogP contribution in [0.5, 0.6) is 0 Å². The van der Waals surface area contributed by atoms with Crippen molar-refractivity contribution in [2.75, 3.05) is 9.80 Å². The van der Waals surface area contributed by atoms with Crippen LogP contribution in [0.2, 0.25) is 0 Å². The van der Waals surface area contributed by atoms with Gasteiger partial charge in [0.2, 0.25) is 0 Å². The van der Waals surface area contributed by atoms with Gasteiger partial charge in [0.05, 0.1) is 5.69 Å². The summed E-state index contributed by atoms with van der Waals surface area (Å²) in [6, 6.07) is 76.8. The Morgan fingerprint density at radius 2 is 0.815 bits per heavy atom. The maximum Gasteiger partial charge on any atom is 0.0540 e. The summed E-state index contributed by atoms with van der Waals surface area (Å²) in [5.74, 6) is 0. The number of hydrogen-bond donors (Lipinski definition) is 0. The second-order valence-electron chi connectivity index (χ2n) is 14.0. The third-order valence-electron chi connectivity index (χ3n) is 10.3. The first-order valence-corrected chi connectivity index (χ1v) is 18.6. The van der Waals surface area contributed by atoms with E-state index in [9.17, 15) is 0 Å². The van der Waals surface area contributed by atoms with Crippen molar-refractivity contribution in [3.8, 4) is 11.1 Å². The van der Waals surface area contributed by atoms with Gasteiger partial charge in [0, 0.05) is 33.8 Å². The van der Waals surface area contributed by atoms with E-state index in [0.717, 1.165) is 34.9 Å². The highest BCUT2D eigenvalue weighted by Gasteiger charge is 2.16. The number of aryl methyl sites for hydroxylation is 1. The van der Waals surface area contributed by atoms with Crippen molar-refractivity contribution < 1.29 is 0 Å². The lowest BCUT2D eigenvalue weighted by Gasteiger charge is -2.27. The molecule has 258 valence electrons. The van der Waals surface area contributed by atoms with Gasteiger partial charge >= 0.3 is 0 Å². The van der Waals surface area contributed by atoms with Gasteiger partial charge in [-0.05, 0) is 118 Å². The normalized spacial score (nSPS) is 11.1. The minimum atomic E-state index is 0.872. The largest absolute Gasteiger partial charge is 0.310 e. The molecular weight excluding hydrogens is 653 g/mol. The molecule has 2 heteroatoms. The highest BCUT2D eigenvalue weighted by molar-refractivity contribution is 5.99. The Morgan fingerprint density at radius 1 is 0.333 bits per heavy atom. The molecule has 54 heavy (non-hydrogen) atoms. The molecule has 0 aromatic heterocycles. The predicted octanol–water partition coefficient (Wildman–Crippen LogP) is 14.5. The standard InChI is InChI=1S/C52H40N2/c1-38-18-29-48(30-19-38)54(52-17-9-13-44-11-7-8-16-51(44)52)49-33-26-43(27-34-49)42-24-20-39(21-25-42)36-40-22-31-47(32-23-40)53(46-14-3-2-4-15-46)50-35-28-41-10-5-6-12-45(41)37-50/h2-35,37H,36H2,1H3. The van der Waals surface area contributed by atoms with Crippen molar-refractivity contribution in [2.24, 2.45) is 0 Å². The number of hydrogen-bond acceptors (Lipinski definition) is 2. The molecule has 2 nitrogen and oxygen atoms in total. The second-order valence-corrected chi connectivity index (χ2v) is 14.0. The highest BCUT2D eigenvalue weighted by Crippen LogP contribution is 2.40. The van der Waals surface area contributed by atoms with E-state index in [2.05, 4.69) is 229 Å². The van der Waals surface area contributed by atoms with Gasteiger partial charge in [-0.1, -0.05) is 151 Å².